The fourth-order valence-corrected chi connectivity index (χ4v) is 3.86. The van der Waals surface area contributed by atoms with E-state index in [1.807, 2.05) is 19.0 Å². The highest BCUT2D eigenvalue weighted by molar-refractivity contribution is 5.73. The quantitative estimate of drug-likeness (QED) is 0.732. The molecule has 0 N–H and O–H groups in total. The summed E-state index contributed by atoms with van der Waals surface area (Å²) in [6.07, 6.45) is 6.90. The number of nitrogens with zero attached hydrogens (tertiary/aromatic N) is 2. The van der Waals surface area contributed by atoms with E-state index < -0.39 is 0 Å². The van der Waals surface area contributed by atoms with Gasteiger partial charge in [-0.3, -0.25) is 0 Å². The third-order valence-corrected chi connectivity index (χ3v) is 5.52. The zero-order chi connectivity index (χ0) is 15.6. The maximum Gasteiger partial charge on any atom is 0.319 e. The highest BCUT2D eigenvalue weighted by Gasteiger charge is 2.46. The van der Waals surface area contributed by atoms with Gasteiger partial charge in [-0.05, 0) is 50.4 Å². The number of piperidine rings is 1. The van der Waals surface area contributed by atoms with Crippen LogP contribution in [0, 0.1) is 11.8 Å². The van der Waals surface area contributed by atoms with E-state index in [-0.39, 0.29) is 11.6 Å². The van der Waals surface area contributed by atoms with Gasteiger partial charge >= 0.3 is 6.03 Å². The zero-order valence-corrected chi connectivity index (χ0v) is 14.1. The Morgan fingerprint density at radius 1 is 1.27 bits per heavy atom. The molecular weight excluding hydrogens is 280 g/mol. The molecule has 5 heteroatoms. The minimum absolute atomic E-state index is 0.00599. The number of likely N-dealkylation sites (tertiary alicyclic amines) is 1. The van der Waals surface area contributed by atoms with Crippen molar-refractivity contribution in [3.05, 3.63) is 0 Å². The molecule has 1 atom stereocenters. The normalized spacial score (nSPS) is 27.4. The largest absolute Gasteiger partial charge is 0.381 e. The molecule has 0 aromatic carbocycles. The van der Waals surface area contributed by atoms with Crippen LogP contribution in [0.5, 0.6) is 0 Å². The van der Waals surface area contributed by atoms with Gasteiger partial charge in [0.15, 0.2) is 0 Å². The summed E-state index contributed by atoms with van der Waals surface area (Å²) in [6, 6.07) is 0.122. The molecule has 3 rings (SSSR count). The van der Waals surface area contributed by atoms with Gasteiger partial charge < -0.3 is 19.3 Å². The second-order valence-corrected chi connectivity index (χ2v) is 7.37. The molecule has 1 saturated carbocycles. The molecule has 5 nitrogen and oxygen atoms in total. The van der Waals surface area contributed by atoms with Crippen LogP contribution in [0.25, 0.3) is 0 Å². The summed E-state index contributed by atoms with van der Waals surface area (Å²) in [4.78, 5) is 15.7. The highest BCUT2D eigenvalue weighted by atomic mass is 16.5. The van der Waals surface area contributed by atoms with Crippen molar-refractivity contribution in [1.82, 2.24) is 9.80 Å². The zero-order valence-electron chi connectivity index (χ0n) is 14.1. The number of carbonyl (C=O) groups excluding carboxylic acids is 1. The molecule has 0 radical (unpaired) electrons. The van der Waals surface area contributed by atoms with E-state index >= 15 is 0 Å². The molecule has 2 aliphatic heterocycles. The van der Waals surface area contributed by atoms with Crippen molar-refractivity contribution in [3.63, 3.8) is 0 Å². The maximum atomic E-state index is 12.1. The van der Waals surface area contributed by atoms with Crippen molar-refractivity contribution in [3.8, 4) is 0 Å². The van der Waals surface area contributed by atoms with Gasteiger partial charge in [-0.1, -0.05) is 0 Å². The van der Waals surface area contributed by atoms with Gasteiger partial charge in [0, 0.05) is 47.0 Å². The van der Waals surface area contributed by atoms with Crippen LogP contribution in [-0.4, -0.2) is 68.4 Å². The number of rotatable bonds is 5. The van der Waals surface area contributed by atoms with Crippen LogP contribution in [0.1, 0.15) is 38.5 Å². The Morgan fingerprint density at radius 2 is 2.00 bits per heavy atom. The van der Waals surface area contributed by atoms with E-state index in [2.05, 4.69) is 0 Å². The Labute approximate surface area is 133 Å². The molecule has 0 aromatic rings. The Hall–Kier alpha value is -0.810. The molecule has 1 unspecified atom stereocenters. The lowest BCUT2D eigenvalue weighted by Gasteiger charge is -2.42. The van der Waals surface area contributed by atoms with Crippen LogP contribution in [0.4, 0.5) is 4.79 Å². The van der Waals surface area contributed by atoms with Gasteiger partial charge in [0.1, 0.15) is 0 Å². The Kier molecular flexibility index (Phi) is 4.93. The molecule has 3 aliphatic rings. The molecule has 3 fully saturated rings. The van der Waals surface area contributed by atoms with Crippen LogP contribution >= 0.6 is 0 Å². The molecule has 1 aliphatic carbocycles. The van der Waals surface area contributed by atoms with Gasteiger partial charge in [0.2, 0.25) is 0 Å². The molecular formula is C17H30N2O3. The second-order valence-electron chi connectivity index (χ2n) is 7.37. The van der Waals surface area contributed by atoms with Crippen LogP contribution in [0.2, 0.25) is 0 Å². The van der Waals surface area contributed by atoms with E-state index in [0.717, 1.165) is 64.5 Å². The van der Waals surface area contributed by atoms with Gasteiger partial charge in [0.25, 0.3) is 0 Å². The average Bonchev–Trinajstić information content (AvgIpc) is 3.27. The first-order chi connectivity index (χ1) is 10.6. The standard InChI is InChI=1S/C17H30N2O3/c1-18(2)16(20)19-9-7-17(8-10-19)15(6-12-22-17)5-11-21-13-14-3-4-14/h14-15H,3-13H2,1-2H3. The Balaban J connectivity index is 1.46. The Morgan fingerprint density at radius 3 is 2.64 bits per heavy atom. The van der Waals surface area contributed by atoms with E-state index in [4.69, 9.17) is 9.47 Å². The fourth-order valence-electron chi connectivity index (χ4n) is 3.86. The monoisotopic (exact) mass is 310 g/mol. The summed E-state index contributed by atoms with van der Waals surface area (Å²) in [6.45, 7) is 4.32. The number of carbonyl (C=O) groups is 1. The Bertz CT molecular complexity index is 387. The molecule has 0 aromatic heterocycles. The smallest absolute Gasteiger partial charge is 0.319 e. The predicted octanol–water partition coefficient (Wildman–Crippen LogP) is 2.36. The third kappa shape index (κ3) is 3.57. The van der Waals surface area contributed by atoms with Gasteiger partial charge in [-0.2, -0.15) is 0 Å². The van der Waals surface area contributed by atoms with Crippen LogP contribution in [0.15, 0.2) is 0 Å². The first-order valence-electron chi connectivity index (χ1n) is 8.79. The number of hydrogen-bond donors (Lipinski definition) is 0. The molecule has 2 heterocycles. The SMILES string of the molecule is CN(C)C(=O)N1CCC2(CC1)OCCC2CCOCC1CC1. The van der Waals surface area contributed by atoms with Crippen molar-refractivity contribution >= 4 is 6.03 Å². The predicted molar refractivity (Wildman–Crippen MR) is 84.8 cm³/mol. The lowest BCUT2D eigenvalue weighted by Crippen LogP contribution is -2.51. The third-order valence-electron chi connectivity index (χ3n) is 5.52. The van der Waals surface area contributed by atoms with Crippen molar-refractivity contribution < 1.29 is 14.3 Å². The lowest BCUT2D eigenvalue weighted by molar-refractivity contribution is -0.0668. The van der Waals surface area contributed by atoms with Crippen molar-refractivity contribution in [2.75, 3.05) is 47.0 Å². The maximum absolute atomic E-state index is 12.1. The summed E-state index contributed by atoms with van der Waals surface area (Å²) >= 11 is 0. The summed E-state index contributed by atoms with van der Waals surface area (Å²) in [5.41, 5.74) is 0.00599. The van der Waals surface area contributed by atoms with Crippen LogP contribution < -0.4 is 0 Å². The molecule has 1 spiro atoms. The first kappa shape index (κ1) is 16.1. The van der Waals surface area contributed by atoms with E-state index in [0.29, 0.717) is 5.92 Å². The summed E-state index contributed by atoms with van der Waals surface area (Å²) in [5.74, 6) is 1.44. The van der Waals surface area contributed by atoms with Crippen molar-refractivity contribution in [2.24, 2.45) is 11.8 Å². The molecule has 22 heavy (non-hydrogen) atoms. The topological polar surface area (TPSA) is 42.0 Å². The number of amides is 2. The summed E-state index contributed by atoms with van der Waals surface area (Å²) < 4.78 is 12.0. The van der Waals surface area contributed by atoms with Crippen LogP contribution in [-0.2, 0) is 9.47 Å². The highest BCUT2D eigenvalue weighted by Crippen LogP contribution is 2.42. The first-order valence-corrected chi connectivity index (χ1v) is 8.79. The average molecular weight is 310 g/mol. The number of ether oxygens (including phenoxy) is 2. The number of hydrogen-bond acceptors (Lipinski definition) is 3. The van der Waals surface area contributed by atoms with E-state index in [9.17, 15) is 4.79 Å². The van der Waals surface area contributed by atoms with Gasteiger partial charge in [0.05, 0.1) is 5.60 Å². The lowest BCUT2D eigenvalue weighted by atomic mass is 9.78. The summed E-state index contributed by atoms with van der Waals surface area (Å²) in [5, 5.41) is 0. The van der Waals surface area contributed by atoms with Crippen molar-refractivity contribution in [2.45, 2.75) is 44.1 Å². The van der Waals surface area contributed by atoms with E-state index in [1.54, 1.807) is 4.90 Å². The minimum atomic E-state index is 0.00599. The molecule has 2 amide bonds. The minimum Gasteiger partial charge on any atom is -0.381 e. The fraction of sp³-hybridized carbons (Fsp3) is 0.941. The van der Waals surface area contributed by atoms with Gasteiger partial charge in [-0.25, -0.2) is 4.79 Å². The molecule has 0 bridgehead atoms. The molecule has 2 saturated heterocycles. The van der Waals surface area contributed by atoms with E-state index in [1.165, 1.54) is 12.8 Å². The van der Waals surface area contributed by atoms with Crippen molar-refractivity contribution in [1.29, 1.82) is 0 Å². The summed E-state index contributed by atoms with van der Waals surface area (Å²) in [7, 11) is 3.64. The second kappa shape index (κ2) is 6.75. The van der Waals surface area contributed by atoms with Gasteiger partial charge in [-0.15, -0.1) is 0 Å². The number of urea groups is 1. The van der Waals surface area contributed by atoms with Crippen LogP contribution in [0.3, 0.4) is 0 Å². The molecule has 126 valence electrons.